The van der Waals surface area contributed by atoms with E-state index < -0.39 is 28.7 Å². The van der Waals surface area contributed by atoms with E-state index in [0.29, 0.717) is 10.7 Å². The molecule has 0 aliphatic carbocycles. The Morgan fingerprint density at radius 1 is 1.16 bits per heavy atom. The highest BCUT2D eigenvalue weighted by atomic mass is 35.5. The highest BCUT2D eigenvalue weighted by molar-refractivity contribution is 7.91. The molecule has 0 bridgehead atoms. The molecule has 1 aromatic heterocycles. The average molecular weight is 470 g/mol. The van der Waals surface area contributed by atoms with Crippen LogP contribution in [0.5, 0.6) is 5.75 Å². The second kappa shape index (κ2) is 9.03. The smallest absolute Gasteiger partial charge is 0.280 e. The van der Waals surface area contributed by atoms with Crippen LogP contribution in [0.3, 0.4) is 0 Å². The van der Waals surface area contributed by atoms with Gasteiger partial charge >= 0.3 is 0 Å². The van der Waals surface area contributed by atoms with Crippen molar-refractivity contribution >= 4 is 33.0 Å². The van der Waals surface area contributed by atoms with Crippen LogP contribution in [0.1, 0.15) is 17.8 Å². The molecule has 1 heterocycles. The molecule has 3 rings (SSSR count). The summed E-state index contributed by atoms with van der Waals surface area (Å²) in [5, 5.41) is 6.78. The molecule has 164 valence electrons. The third-order valence-corrected chi connectivity index (χ3v) is 6.29. The molecule has 0 saturated carbocycles. The lowest BCUT2D eigenvalue weighted by Crippen LogP contribution is -2.21. The van der Waals surface area contributed by atoms with Crippen LogP contribution in [0.25, 0.3) is 0 Å². The monoisotopic (exact) mass is 469 g/mol. The minimum absolute atomic E-state index is 0.0102. The zero-order chi connectivity index (χ0) is 22.8. The molecule has 0 aliphatic heterocycles. The van der Waals surface area contributed by atoms with E-state index in [4.69, 9.17) is 16.3 Å². The molecule has 0 radical (unpaired) electrons. The number of hydrogen-bond acceptors (Lipinski definition) is 5. The normalized spacial score (nSPS) is 11.5. The zero-order valence-corrected chi connectivity index (χ0v) is 18.0. The number of rotatable bonds is 7. The van der Waals surface area contributed by atoms with Gasteiger partial charge in [-0.05, 0) is 49.4 Å². The summed E-state index contributed by atoms with van der Waals surface area (Å²) in [5.74, 6) is -0.471. The van der Waals surface area contributed by atoms with Crippen molar-refractivity contribution in [3.63, 3.8) is 0 Å². The quantitative estimate of drug-likeness (QED) is 0.558. The van der Waals surface area contributed by atoms with Crippen molar-refractivity contribution in [3.8, 4) is 5.75 Å². The number of aryl methyl sites for hydroxylation is 1. The molecule has 0 saturated heterocycles. The number of amides is 1. The van der Waals surface area contributed by atoms with E-state index in [0.717, 1.165) is 4.68 Å². The number of anilines is 1. The fraction of sp³-hybridized carbons (Fsp3) is 0.200. The number of hydrogen-bond donors (Lipinski definition) is 1. The van der Waals surface area contributed by atoms with Gasteiger partial charge in [0, 0.05) is 16.8 Å². The van der Waals surface area contributed by atoms with E-state index in [1.807, 2.05) is 0 Å². The van der Waals surface area contributed by atoms with Gasteiger partial charge in [-0.15, -0.1) is 0 Å². The molecule has 2 aromatic carbocycles. The van der Waals surface area contributed by atoms with E-state index in [9.17, 15) is 22.0 Å². The predicted octanol–water partition coefficient (Wildman–Crippen LogP) is 4.26. The van der Waals surface area contributed by atoms with E-state index >= 15 is 0 Å². The van der Waals surface area contributed by atoms with Crippen molar-refractivity contribution in [2.45, 2.75) is 29.7 Å². The van der Waals surface area contributed by atoms with E-state index in [1.165, 1.54) is 62.6 Å². The second-order valence-corrected chi connectivity index (χ2v) is 8.96. The first-order valence-electron chi connectivity index (χ1n) is 8.92. The lowest BCUT2D eigenvalue weighted by Gasteiger charge is -2.12. The van der Waals surface area contributed by atoms with Crippen molar-refractivity contribution < 1.29 is 26.7 Å². The fourth-order valence-corrected chi connectivity index (χ4v) is 4.32. The summed E-state index contributed by atoms with van der Waals surface area (Å²) >= 11 is 5.82. The maximum absolute atomic E-state index is 13.1. The Morgan fingerprint density at radius 3 is 2.45 bits per heavy atom. The summed E-state index contributed by atoms with van der Waals surface area (Å²) in [6, 6.07) is 10.8. The Bertz CT molecular complexity index is 1210. The summed E-state index contributed by atoms with van der Waals surface area (Å²) in [5.41, 5.74) is 0.0875. The maximum Gasteiger partial charge on any atom is 0.280 e. The zero-order valence-electron chi connectivity index (χ0n) is 16.5. The van der Waals surface area contributed by atoms with Crippen LogP contribution >= 0.6 is 11.6 Å². The molecule has 11 heteroatoms. The first kappa shape index (κ1) is 22.7. The number of alkyl halides is 2. The van der Waals surface area contributed by atoms with E-state index in [1.54, 1.807) is 0 Å². The number of nitrogens with one attached hydrogen (secondary N) is 1. The Kier molecular flexibility index (Phi) is 6.61. The largest absolute Gasteiger partial charge is 0.497 e. The maximum atomic E-state index is 13.1. The van der Waals surface area contributed by atoms with Gasteiger partial charge in [0.25, 0.3) is 6.43 Å². The summed E-state index contributed by atoms with van der Waals surface area (Å²) < 4.78 is 58.2. The van der Waals surface area contributed by atoms with Crippen molar-refractivity contribution in [1.82, 2.24) is 9.78 Å². The molecule has 1 amide bonds. The number of benzene rings is 2. The molecule has 31 heavy (non-hydrogen) atoms. The molecule has 0 fully saturated rings. The van der Waals surface area contributed by atoms with Gasteiger partial charge in [0.15, 0.2) is 0 Å². The lowest BCUT2D eigenvalue weighted by atomic mass is 10.3. The molecule has 1 N–H and O–H groups in total. The Morgan fingerprint density at radius 2 is 1.84 bits per heavy atom. The Balaban J connectivity index is 1.89. The number of ether oxygens (including phenoxy) is 1. The standard InChI is InChI=1S/C20H18ClF2N3O4S/c1-12-7-18(20(22)23)26(25-12)11-19(27)24-14-8-15(30-2)10-17(9-14)31(28,29)16-5-3-13(21)4-6-16/h3-10,20H,11H2,1-2H3,(H,24,27). The molecule has 7 nitrogen and oxygen atoms in total. The van der Waals surface area contributed by atoms with Crippen LogP contribution in [0.4, 0.5) is 14.5 Å². The van der Waals surface area contributed by atoms with Crippen molar-refractivity contribution in [2.75, 3.05) is 12.4 Å². The van der Waals surface area contributed by atoms with E-state index in [2.05, 4.69) is 10.4 Å². The fourth-order valence-electron chi connectivity index (χ4n) is 2.87. The molecule has 3 aromatic rings. The van der Waals surface area contributed by atoms with Crippen LogP contribution in [0.2, 0.25) is 5.02 Å². The van der Waals surface area contributed by atoms with Gasteiger partial charge in [0.1, 0.15) is 18.0 Å². The van der Waals surface area contributed by atoms with Gasteiger partial charge in [-0.1, -0.05) is 11.6 Å². The van der Waals surface area contributed by atoms with Crippen LogP contribution in [-0.2, 0) is 21.2 Å². The van der Waals surface area contributed by atoms with Crippen molar-refractivity contribution in [3.05, 3.63) is 64.9 Å². The average Bonchev–Trinajstić information content (AvgIpc) is 3.08. The number of sulfone groups is 1. The van der Waals surface area contributed by atoms with Gasteiger partial charge in [-0.25, -0.2) is 17.2 Å². The number of methoxy groups -OCH3 is 1. The molecule has 0 aliphatic rings. The summed E-state index contributed by atoms with van der Waals surface area (Å²) in [4.78, 5) is 12.3. The third kappa shape index (κ3) is 5.20. The SMILES string of the molecule is COc1cc(NC(=O)Cn2nc(C)cc2C(F)F)cc(S(=O)(=O)c2ccc(Cl)cc2)c1. The van der Waals surface area contributed by atoms with Crippen LogP contribution in [-0.4, -0.2) is 31.2 Å². The summed E-state index contributed by atoms with van der Waals surface area (Å²) in [6.45, 7) is 1.07. The van der Waals surface area contributed by atoms with Gasteiger partial charge in [-0.2, -0.15) is 5.10 Å². The lowest BCUT2D eigenvalue weighted by molar-refractivity contribution is -0.117. The number of nitrogens with zero attached hydrogens (tertiary/aromatic N) is 2. The number of halogens is 3. The van der Waals surface area contributed by atoms with Gasteiger partial charge in [-0.3, -0.25) is 9.48 Å². The number of aromatic nitrogens is 2. The van der Waals surface area contributed by atoms with Gasteiger partial charge in [0.2, 0.25) is 15.7 Å². The highest BCUT2D eigenvalue weighted by Crippen LogP contribution is 2.29. The highest BCUT2D eigenvalue weighted by Gasteiger charge is 2.21. The van der Waals surface area contributed by atoms with Crippen molar-refractivity contribution in [2.24, 2.45) is 0 Å². The molecule has 0 atom stereocenters. The number of carbonyl (C=O) groups is 1. The molecule has 0 spiro atoms. The van der Waals surface area contributed by atoms with Gasteiger partial charge < -0.3 is 10.1 Å². The Hall–Kier alpha value is -2.98. The Labute approximate surface area is 182 Å². The molecular weight excluding hydrogens is 452 g/mol. The van der Waals surface area contributed by atoms with Crippen LogP contribution < -0.4 is 10.1 Å². The third-order valence-electron chi connectivity index (χ3n) is 4.28. The summed E-state index contributed by atoms with van der Waals surface area (Å²) in [6.07, 6.45) is -2.79. The second-order valence-electron chi connectivity index (χ2n) is 6.57. The van der Waals surface area contributed by atoms with Crippen LogP contribution in [0, 0.1) is 6.92 Å². The van der Waals surface area contributed by atoms with Crippen molar-refractivity contribution in [1.29, 1.82) is 0 Å². The first-order chi connectivity index (χ1) is 14.6. The van der Waals surface area contributed by atoms with Gasteiger partial charge in [0.05, 0.1) is 22.6 Å². The predicted molar refractivity (Wildman–Crippen MR) is 110 cm³/mol. The molecular formula is C20H18ClF2N3O4S. The summed E-state index contributed by atoms with van der Waals surface area (Å²) in [7, 11) is -2.58. The van der Waals surface area contributed by atoms with Crippen LogP contribution in [0.15, 0.2) is 58.3 Å². The molecule has 0 unspecified atom stereocenters. The minimum atomic E-state index is -3.93. The topological polar surface area (TPSA) is 90.3 Å². The van der Waals surface area contributed by atoms with E-state index in [-0.39, 0.29) is 26.9 Å². The number of carbonyl (C=O) groups excluding carboxylic acids is 1. The minimum Gasteiger partial charge on any atom is -0.497 e. The first-order valence-corrected chi connectivity index (χ1v) is 10.8.